The van der Waals surface area contributed by atoms with Crippen molar-refractivity contribution in [1.29, 1.82) is 0 Å². The lowest BCUT2D eigenvalue weighted by molar-refractivity contribution is 0.000442. The van der Waals surface area contributed by atoms with Gasteiger partial charge in [0.1, 0.15) is 18.5 Å². The fraction of sp³-hybridized carbons (Fsp3) is 0.600. The van der Waals surface area contributed by atoms with Gasteiger partial charge >= 0.3 is 13.5 Å². The normalized spacial score (nSPS) is 38.7. The highest BCUT2D eigenvalue weighted by molar-refractivity contribution is 8.44. The van der Waals surface area contributed by atoms with Crippen LogP contribution >= 0.6 is 25.8 Å². The van der Waals surface area contributed by atoms with Gasteiger partial charge in [0.2, 0.25) is 5.88 Å². The third kappa shape index (κ3) is 5.88. The summed E-state index contributed by atoms with van der Waals surface area (Å²) < 4.78 is 43.5. The van der Waals surface area contributed by atoms with Gasteiger partial charge in [0.15, 0.2) is 11.2 Å². The first-order valence-corrected chi connectivity index (χ1v) is 17.6. The van der Waals surface area contributed by atoms with Gasteiger partial charge in [-0.25, -0.2) is 24.2 Å². The minimum Gasteiger partial charge on any atom is -0.474 e. The van der Waals surface area contributed by atoms with E-state index >= 15 is 0 Å². The fourth-order valence-electron chi connectivity index (χ4n) is 5.34. The maximum atomic E-state index is 13.3. The largest absolute Gasteiger partial charge is 0.474 e. The Balaban J connectivity index is 1.27. The van der Waals surface area contributed by atoms with E-state index in [2.05, 4.69) is 42.5 Å². The molecule has 16 nitrogen and oxygen atoms in total. The number of hydrogen-bond acceptors (Lipinski definition) is 14. The molecule has 0 aromatic carbocycles. The molecule has 3 N–H and O–H groups in total. The molecule has 2 saturated carbocycles. The van der Waals surface area contributed by atoms with Crippen LogP contribution in [0.15, 0.2) is 29.7 Å². The lowest BCUT2D eigenvalue weighted by Gasteiger charge is -2.28. The molecule has 0 spiro atoms. The molecule has 1 aliphatic heterocycles. The third-order valence-corrected chi connectivity index (χ3v) is 10.4. The molecule has 9 atom stereocenters. The van der Waals surface area contributed by atoms with Crippen molar-refractivity contribution in [2.45, 2.75) is 49.7 Å². The van der Waals surface area contributed by atoms with Gasteiger partial charge in [-0.05, 0) is 24.6 Å². The number of ether oxygens (including phenoxy) is 1. The first-order valence-electron chi connectivity index (χ1n) is 12.3. The smallest absolute Gasteiger partial charge is 0.386 e. The number of aromatic amines is 1. The molecule has 2 unspecified atom stereocenters. The van der Waals surface area contributed by atoms with Gasteiger partial charge in [-0.2, -0.15) is 0 Å². The second kappa shape index (κ2) is 11.1. The Hall–Kier alpha value is -1.85. The lowest BCUT2D eigenvalue weighted by atomic mass is 10.1. The Labute approximate surface area is 236 Å². The number of rotatable bonds is 3. The number of aromatic nitrogens is 7. The average Bonchev–Trinajstić information content (AvgIpc) is 3.58. The third-order valence-electron chi connectivity index (χ3n) is 7.18. The zero-order valence-corrected chi connectivity index (χ0v) is 24.1. The summed E-state index contributed by atoms with van der Waals surface area (Å²) in [7, 11) is 0. The van der Waals surface area contributed by atoms with E-state index in [1.54, 1.807) is 12.3 Å². The van der Waals surface area contributed by atoms with Crippen LogP contribution < -0.4 is 10.3 Å². The molecule has 216 valence electrons. The second-order valence-corrected chi connectivity index (χ2v) is 15.4. The first kappa shape index (κ1) is 28.3. The summed E-state index contributed by atoms with van der Waals surface area (Å²) >= 11 is 9.49. The Morgan fingerprint density at radius 2 is 2.00 bits per heavy atom. The molecule has 40 heavy (non-hydrogen) atoms. The van der Waals surface area contributed by atoms with E-state index in [9.17, 15) is 19.4 Å². The van der Waals surface area contributed by atoms with Crippen LogP contribution in [0, 0.1) is 11.8 Å². The summed E-state index contributed by atoms with van der Waals surface area (Å²) in [6.45, 7) is -8.18. The number of aliphatic hydroxyl groups excluding tert-OH is 1. The molecule has 3 aromatic rings. The van der Waals surface area contributed by atoms with Crippen molar-refractivity contribution in [2.24, 2.45) is 11.8 Å². The van der Waals surface area contributed by atoms with Crippen LogP contribution in [-0.4, -0.2) is 82.6 Å². The molecule has 2 aliphatic carbocycles. The Morgan fingerprint density at radius 3 is 2.80 bits per heavy atom. The molecule has 0 radical (unpaired) electrons. The van der Waals surface area contributed by atoms with Gasteiger partial charge in [0.05, 0.1) is 37.8 Å². The molecule has 1 saturated heterocycles. The second-order valence-electron chi connectivity index (χ2n) is 9.75. The molecule has 6 rings (SSSR count). The van der Waals surface area contributed by atoms with Gasteiger partial charge in [-0.1, -0.05) is 17.5 Å². The highest BCUT2D eigenvalue weighted by Crippen LogP contribution is 2.59. The predicted molar refractivity (Wildman–Crippen MR) is 143 cm³/mol. The summed E-state index contributed by atoms with van der Waals surface area (Å²) in [5.74, 6) is -0.712. The SMILES string of the molecule is O=c1[nH]cnc2c1nnn2[C@@H]1C[C@@H]2COP(=O)(S)O[C@H]3C[C@H](Oc4ccncn4)C[C@@H]3COP(O)(=S)O[C@@H]1[C@@H]2O. The number of H-pyrrole nitrogens is 1. The van der Waals surface area contributed by atoms with E-state index in [1.807, 2.05) is 0 Å². The zero-order valence-electron chi connectivity index (χ0n) is 20.6. The molecule has 3 aliphatic rings. The van der Waals surface area contributed by atoms with Gasteiger partial charge in [0.25, 0.3) is 5.56 Å². The number of nitrogens with one attached hydrogen (secondary N) is 1. The summed E-state index contributed by atoms with van der Waals surface area (Å²) in [6, 6.07) is 0.843. The summed E-state index contributed by atoms with van der Waals surface area (Å²) in [4.78, 5) is 37.7. The van der Waals surface area contributed by atoms with Crippen molar-refractivity contribution < 1.29 is 37.4 Å². The van der Waals surface area contributed by atoms with Crippen LogP contribution in [0.25, 0.3) is 11.2 Å². The molecule has 2 bridgehead atoms. The van der Waals surface area contributed by atoms with Crippen LogP contribution in [0.1, 0.15) is 25.3 Å². The number of thiol groups is 1. The van der Waals surface area contributed by atoms with Crippen LogP contribution in [0.2, 0.25) is 0 Å². The van der Waals surface area contributed by atoms with Crippen molar-refractivity contribution in [1.82, 2.24) is 34.9 Å². The van der Waals surface area contributed by atoms with Gasteiger partial charge < -0.3 is 33.3 Å². The molecular formula is C20H25N7O9P2S2. The van der Waals surface area contributed by atoms with E-state index < -0.39 is 55.3 Å². The quantitative estimate of drug-likeness (QED) is 0.236. The fourth-order valence-corrected chi connectivity index (χ4v) is 8.44. The molecule has 3 aromatic heterocycles. The molecule has 0 amide bonds. The van der Waals surface area contributed by atoms with Gasteiger partial charge in [-0.15, -0.1) is 5.10 Å². The van der Waals surface area contributed by atoms with E-state index in [0.717, 1.165) is 0 Å². The topological polar surface area (TPSA) is 206 Å². The van der Waals surface area contributed by atoms with Crippen LogP contribution in [0.5, 0.6) is 5.88 Å². The van der Waals surface area contributed by atoms with E-state index in [-0.39, 0.29) is 36.9 Å². The van der Waals surface area contributed by atoms with Crippen molar-refractivity contribution in [3.05, 3.63) is 35.3 Å². The maximum Gasteiger partial charge on any atom is 0.386 e. The summed E-state index contributed by atoms with van der Waals surface area (Å²) in [5.41, 5.74) is -0.355. The molecule has 4 heterocycles. The van der Waals surface area contributed by atoms with E-state index in [4.69, 9.17) is 34.6 Å². The van der Waals surface area contributed by atoms with Gasteiger partial charge in [0, 0.05) is 30.5 Å². The van der Waals surface area contributed by atoms with Crippen molar-refractivity contribution in [3.63, 3.8) is 0 Å². The van der Waals surface area contributed by atoms with Gasteiger partial charge in [-0.3, -0.25) is 9.32 Å². The van der Waals surface area contributed by atoms with E-state index in [0.29, 0.717) is 18.7 Å². The predicted octanol–water partition coefficient (Wildman–Crippen LogP) is 1.16. The highest BCUT2D eigenvalue weighted by atomic mass is 32.7. The van der Waals surface area contributed by atoms with E-state index in [1.165, 1.54) is 17.3 Å². The van der Waals surface area contributed by atoms with Crippen LogP contribution in [0.3, 0.4) is 0 Å². The maximum absolute atomic E-state index is 13.3. The van der Waals surface area contributed by atoms with Crippen LogP contribution in [0.4, 0.5) is 0 Å². The van der Waals surface area contributed by atoms with Crippen molar-refractivity contribution in [2.75, 3.05) is 13.2 Å². The minimum atomic E-state index is -3.94. The average molecular weight is 634 g/mol. The Kier molecular flexibility index (Phi) is 7.84. The molecular weight excluding hydrogens is 608 g/mol. The standard InChI is InChI=1S/C20H25N7O9P2S2/c28-17-11-4-13(27-19-16(25-26-27)20(29)24-9-23-19)18(17)36-38(31,40)32-6-10-3-12(34-15-1-2-21-8-22-15)5-14(10)35-37(30,39)33-7-11/h1-2,8-14,17-18,28H,3-7H2,(H,30,39)(H,31,40)(H,23,24,29)/t10-,11-,12-,13-,14+,17-,18+,37?,38?/m1/s1. The summed E-state index contributed by atoms with van der Waals surface area (Å²) in [6.07, 6.45) is 1.59. The number of fused-ring (bicyclic) bond motifs is 4. The molecule has 20 heteroatoms. The monoisotopic (exact) mass is 633 g/mol. The molecule has 3 fully saturated rings. The number of hydrogen-bond donors (Lipinski definition) is 4. The first-order chi connectivity index (χ1) is 19.1. The highest BCUT2D eigenvalue weighted by Gasteiger charge is 2.50. The summed E-state index contributed by atoms with van der Waals surface area (Å²) in [5, 5.41) is 19.1. The minimum absolute atomic E-state index is 0.0104. The van der Waals surface area contributed by atoms with Crippen molar-refractivity contribution >= 4 is 48.7 Å². The van der Waals surface area contributed by atoms with Crippen molar-refractivity contribution in [3.8, 4) is 5.88 Å². The lowest BCUT2D eigenvalue weighted by Crippen LogP contribution is -2.33. The Morgan fingerprint density at radius 1 is 1.18 bits per heavy atom. The number of nitrogens with zero attached hydrogens (tertiary/aromatic N) is 6. The van der Waals surface area contributed by atoms with Crippen LogP contribution in [-0.2, 0) is 34.5 Å². The number of aliphatic hydroxyl groups is 1. The zero-order chi connectivity index (χ0) is 28.1. The Bertz CT molecular complexity index is 1530.